The predicted octanol–water partition coefficient (Wildman–Crippen LogP) is -3.73. The van der Waals surface area contributed by atoms with Gasteiger partial charge in [0.1, 0.15) is 36.3 Å². The maximum Gasteiger partial charge on any atom is 0.326 e. The molecule has 24 nitrogen and oxygen atoms in total. The summed E-state index contributed by atoms with van der Waals surface area (Å²) in [4.78, 5) is 117. The molecule has 0 bridgehead atoms. The number of amides is 8. The van der Waals surface area contributed by atoms with Crippen LogP contribution < -0.4 is 49.1 Å². The Hall–Kier alpha value is -5.79. The molecule has 0 spiro atoms. The van der Waals surface area contributed by atoms with Crippen molar-refractivity contribution < 1.29 is 68.7 Å². The van der Waals surface area contributed by atoms with Crippen LogP contribution in [-0.2, 0) is 49.6 Å². The highest BCUT2D eigenvalue weighted by molar-refractivity contribution is 5.97. The number of hydrogen-bond donors (Lipinski definition) is 14. The second-order valence-electron chi connectivity index (χ2n) is 16.8. The van der Waals surface area contributed by atoms with Crippen molar-refractivity contribution in [2.75, 3.05) is 39.5 Å². The van der Waals surface area contributed by atoms with Crippen LogP contribution in [0.1, 0.15) is 103 Å². The molecule has 0 aliphatic heterocycles. The summed E-state index contributed by atoms with van der Waals surface area (Å²) in [5, 5.41) is 63.6. The molecule has 0 heterocycles. The normalized spacial score (nSPS) is 14.6. The lowest BCUT2D eigenvalue weighted by atomic mass is 10.0. The number of hydrogen-bond acceptors (Lipinski definition) is 15. The summed E-state index contributed by atoms with van der Waals surface area (Å²) in [6.07, 6.45) is 4.01. The fourth-order valence-electron chi connectivity index (χ4n) is 6.86. The number of unbranched alkanes of at least 4 members (excludes halogenated alkanes) is 7. The van der Waals surface area contributed by atoms with Gasteiger partial charge < -0.3 is 79.5 Å². The Morgan fingerprint density at radius 2 is 1.25 bits per heavy atom. The Kier molecular flexibility index (Phi) is 30.6. The number of carbonyl (C=O) groups excluding carboxylic acids is 8. The van der Waals surface area contributed by atoms with Crippen LogP contribution in [0.5, 0.6) is 0 Å². The van der Waals surface area contributed by atoms with Crippen LogP contribution in [0, 0.1) is 0 Å². The van der Waals surface area contributed by atoms with E-state index in [1.807, 2.05) is 0 Å². The molecule has 0 aromatic heterocycles. The maximum atomic E-state index is 13.7. The van der Waals surface area contributed by atoms with Crippen LogP contribution in [0.25, 0.3) is 0 Å². The molecule has 69 heavy (non-hydrogen) atoms. The molecular formula is C45H76N10O14. The van der Waals surface area contributed by atoms with Crippen LogP contribution in [0.3, 0.4) is 0 Å². The van der Waals surface area contributed by atoms with Gasteiger partial charge >= 0.3 is 5.97 Å². The largest absolute Gasteiger partial charge is 0.480 e. The number of carboxylic acid groups (broad SMARTS) is 1. The Bertz CT molecular complexity index is 1780. The first-order valence-corrected chi connectivity index (χ1v) is 23.4. The summed E-state index contributed by atoms with van der Waals surface area (Å²) in [6.45, 7) is 0.891. The quantitative estimate of drug-likeness (QED) is 0.0285. The number of carbonyl (C=O) groups is 9. The molecule has 8 amide bonds. The topological polar surface area (TPSA) is 408 Å². The highest BCUT2D eigenvalue weighted by Crippen LogP contribution is 2.14. The van der Waals surface area contributed by atoms with Crippen LogP contribution in [-0.4, -0.2) is 172 Å². The third-order valence-corrected chi connectivity index (χ3v) is 10.9. The zero-order valence-corrected chi connectivity index (χ0v) is 39.7. The molecule has 1 aromatic rings. The molecule has 17 N–H and O–H groups in total. The van der Waals surface area contributed by atoms with Gasteiger partial charge in [0.2, 0.25) is 47.3 Å². The van der Waals surface area contributed by atoms with Crippen molar-refractivity contribution in [3.63, 3.8) is 0 Å². The zero-order valence-electron chi connectivity index (χ0n) is 39.7. The van der Waals surface area contributed by atoms with Crippen molar-refractivity contribution in [2.24, 2.45) is 17.2 Å². The van der Waals surface area contributed by atoms with E-state index in [1.54, 1.807) is 30.3 Å². The molecule has 1 rings (SSSR count). The second-order valence-corrected chi connectivity index (χ2v) is 16.8. The molecule has 24 heteroatoms. The first-order chi connectivity index (χ1) is 32.8. The average Bonchev–Trinajstić information content (AvgIpc) is 3.31. The van der Waals surface area contributed by atoms with E-state index in [1.165, 1.54) is 0 Å². The highest BCUT2D eigenvalue weighted by Gasteiger charge is 2.37. The van der Waals surface area contributed by atoms with Gasteiger partial charge in [0.15, 0.2) is 0 Å². The summed E-state index contributed by atoms with van der Waals surface area (Å²) in [7, 11) is 0. The molecule has 1 aromatic carbocycles. The predicted molar refractivity (Wildman–Crippen MR) is 251 cm³/mol. The molecule has 0 aliphatic carbocycles. The van der Waals surface area contributed by atoms with Crippen molar-refractivity contribution in [3.8, 4) is 0 Å². The van der Waals surface area contributed by atoms with E-state index < -0.39 is 134 Å². The minimum absolute atomic E-state index is 0.0288. The molecule has 8 atom stereocenters. The summed E-state index contributed by atoms with van der Waals surface area (Å²) in [6, 6.07) is -1.26. The first kappa shape index (κ1) is 61.2. The molecule has 5 unspecified atom stereocenters. The summed E-state index contributed by atoms with van der Waals surface area (Å²) in [5.74, 6) is -8.39. The number of aliphatic carboxylic acids is 1. The van der Waals surface area contributed by atoms with Gasteiger partial charge in [-0.3, -0.25) is 38.4 Å². The van der Waals surface area contributed by atoms with Gasteiger partial charge in [0.05, 0.1) is 32.3 Å². The second kappa shape index (κ2) is 34.5. The van der Waals surface area contributed by atoms with Gasteiger partial charge in [-0.05, 0) is 38.2 Å². The van der Waals surface area contributed by atoms with E-state index in [-0.39, 0.29) is 38.9 Å². The smallest absolute Gasteiger partial charge is 0.326 e. The highest BCUT2D eigenvalue weighted by atomic mass is 16.4. The summed E-state index contributed by atoms with van der Waals surface area (Å²) < 4.78 is 0. The average molecular weight is 981 g/mol. The van der Waals surface area contributed by atoms with Crippen molar-refractivity contribution >= 4 is 53.2 Å². The maximum absolute atomic E-state index is 13.7. The fourth-order valence-corrected chi connectivity index (χ4v) is 6.86. The number of carboxylic acids is 1. The van der Waals surface area contributed by atoms with Crippen molar-refractivity contribution in [1.29, 1.82) is 0 Å². The summed E-state index contributed by atoms with van der Waals surface area (Å²) in [5.41, 5.74) is 17.7. The Morgan fingerprint density at radius 3 is 1.81 bits per heavy atom. The van der Waals surface area contributed by atoms with Crippen LogP contribution in [0.4, 0.5) is 0 Å². The van der Waals surface area contributed by atoms with E-state index >= 15 is 0 Å². The van der Waals surface area contributed by atoms with Gasteiger partial charge in [-0.15, -0.1) is 0 Å². The number of nitrogens with one attached hydrogen (secondary N) is 6. The standard InChI is InChI=1S/C45H76N10O14/c1-3-4-5-6-7-8-12-17-38(62)55(24-30(46)25-56)35(23-36(48)60)43(66)54-39(28(2)59)44(67)53-34(27-58)42(65)51-32(45(68)69)18-19-37(61)49-20-13-14-21-50-41(64)33(52-40(63)31(47)26-57)22-29-15-10-9-11-16-29/h9-11,15-16,28,30-35,39,56-59H,3-8,12-14,17-27,46-47H2,1-2H3,(H2,48,60)(H,49,61)(H,50,64)(H,51,65)(H,52,63)(H,53,67)(H,54,66)(H,68,69)/t28-,30?,31?,32?,33?,34+,35?,39+/m1/s1. The molecule has 0 aliphatic rings. The molecule has 0 radical (unpaired) electrons. The molecule has 0 saturated carbocycles. The third kappa shape index (κ3) is 24.9. The van der Waals surface area contributed by atoms with Crippen molar-refractivity contribution in [3.05, 3.63) is 35.9 Å². The number of nitrogens with zero attached hydrogens (tertiary/aromatic N) is 1. The number of primary amides is 1. The SMILES string of the molecule is CCCCCCCCCC(=O)N(CC(N)CO)C(CC(N)=O)C(=O)N[C@H](C(=O)N[C@@H](CO)C(=O)NC(CCC(=O)NCCCCNC(=O)C(Cc1ccccc1)NC(=O)C(N)CO)C(=O)O)[C@@H](C)O. The zero-order chi connectivity index (χ0) is 51.9. The Balaban J connectivity index is 2.84. The number of nitrogens with two attached hydrogens (primary N) is 3. The van der Waals surface area contributed by atoms with E-state index in [0.717, 1.165) is 49.5 Å². The lowest BCUT2D eigenvalue weighted by molar-refractivity contribution is -0.144. The molecule has 390 valence electrons. The Labute approximate surface area is 402 Å². The number of rotatable bonds is 37. The fraction of sp³-hybridized carbons (Fsp3) is 0.667. The molecule has 0 saturated heterocycles. The van der Waals surface area contributed by atoms with Crippen LogP contribution in [0.15, 0.2) is 30.3 Å². The van der Waals surface area contributed by atoms with E-state index in [4.69, 9.17) is 17.2 Å². The molecular weight excluding hydrogens is 905 g/mol. The van der Waals surface area contributed by atoms with Gasteiger partial charge in [-0.25, -0.2) is 4.79 Å². The minimum Gasteiger partial charge on any atom is -0.480 e. The van der Waals surface area contributed by atoms with Crippen molar-refractivity contribution in [2.45, 2.75) is 152 Å². The van der Waals surface area contributed by atoms with Crippen molar-refractivity contribution in [1.82, 2.24) is 36.8 Å². The first-order valence-electron chi connectivity index (χ1n) is 23.4. The monoisotopic (exact) mass is 981 g/mol. The minimum atomic E-state index is -1.85. The van der Waals surface area contributed by atoms with Gasteiger partial charge in [0.25, 0.3) is 0 Å². The van der Waals surface area contributed by atoms with Crippen LogP contribution >= 0.6 is 0 Å². The lowest BCUT2D eigenvalue weighted by Gasteiger charge is -2.33. The number of aliphatic hydroxyl groups is 4. The Morgan fingerprint density at radius 1 is 0.652 bits per heavy atom. The number of aliphatic hydroxyl groups excluding tert-OH is 4. The van der Waals surface area contributed by atoms with Gasteiger partial charge in [-0.1, -0.05) is 75.8 Å². The van der Waals surface area contributed by atoms with Gasteiger partial charge in [0, 0.05) is 44.9 Å². The lowest BCUT2D eigenvalue weighted by Crippen LogP contribution is -2.62. The number of benzene rings is 1. The van der Waals surface area contributed by atoms with Crippen LogP contribution in [0.2, 0.25) is 0 Å². The van der Waals surface area contributed by atoms with E-state index in [2.05, 4.69) is 38.8 Å². The van der Waals surface area contributed by atoms with E-state index in [9.17, 15) is 68.7 Å². The third-order valence-electron chi connectivity index (χ3n) is 10.9. The van der Waals surface area contributed by atoms with E-state index in [0.29, 0.717) is 25.7 Å². The molecule has 0 fully saturated rings. The summed E-state index contributed by atoms with van der Waals surface area (Å²) >= 11 is 0. The van der Waals surface area contributed by atoms with Gasteiger partial charge in [-0.2, -0.15) is 0 Å².